The molecule has 38 heavy (non-hydrogen) atoms. The van der Waals surface area contributed by atoms with Crippen LogP contribution in [0.4, 0.5) is 5.69 Å². The van der Waals surface area contributed by atoms with Gasteiger partial charge in [-0.1, -0.05) is 30.0 Å². The molecule has 0 aliphatic heterocycles. The van der Waals surface area contributed by atoms with Gasteiger partial charge in [-0.2, -0.15) is 0 Å². The van der Waals surface area contributed by atoms with Crippen LogP contribution in [0.1, 0.15) is 17.3 Å². The Morgan fingerprint density at radius 1 is 1.00 bits per heavy atom. The van der Waals surface area contributed by atoms with Crippen molar-refractivity contribution in [3.63, 3.8) is 0 Å². The predicted molar refractivity (Wildman–Crippen MR) is 148 cm³/mol. The highest BCUT2D eigenvalue weighted by Gasteiger charge is 2.22. The topological polar surface area (TPSA) is 111 Å². The van der Waals surface area contributed by atoms with Crippen LogP contribution < -0.4 is 14.8 Å². The lowest BCUT2D eigenvalue weighted by atomic mass is 10.1. The molecular formula is C28H25N5O4S. The van der Waals surface area contributed by atoms with E-state index in [0.29, 0.717) is 39.4 Å². The van der Waals surface area contributed by atoms with Gasteiger partial charge in [0, 0.05) is 40.0 Å². The number of carbonyl (C=O) groups is 2. The molecule has 0 saturated heterocycles. The van der Waals surface area contributed by atoms with Gasteiger partial charge in [-0.3, -0.25) is 14.2 Å². The fourth-order valence-corrected chi connectivity index (χ4v) is 4.84. The zero-order valence-corrected chi connectivity index (χ0v) is 21.8. The molecule has 0 fully saturated rings. The van der Waals surface area contributed by atoms with Gasteiger partial charge in [-0.15, -0.1) is 10.2 Å². The van der Waals surface area contributed by atoms with Crippen LogP contribution >= 0.6 is 11.8 Å². The van der Waals surface area contributed by atoms with Crippen molar-refractivity contribution in [2.24, 2.45) is 0 Å². The Hall–Kier alpha value is -4.57. The van der Waals surface area contributed by atoms with Crippen LogP contribution in [0.5, 0.6) is 11.5 Å². The second-order valence-corrected chi connectivity index (χ2v) is 9.34. The van der Waals surface area contributed by atoms with E-state index in [1.807, 2.05) is 53.2 Å². The predicted octanol–water partition coefficient (Wildman–Crippen LogP) is 5.37. The van der Waals surface area contributed by atoms with E-state index >= 15 is 0 Å². The van der Waals surface area contributed by atoms with E-state index in [2.05, 4.69) is 20.5 Å². The van der Waals surface area contributed by atoms with Crippen molar-refractivity contribution in [1.29, 1.82) is 0 Å². The second kappa shape index (κ2) is 10.8. The standard InChI is InChI=1S/C28H25N5O4S/c1-17(34)18-8-10-19(11-9-18)30-26(35)16-38-28-32-31-27(22-15-29-23-7-5-4-6-21(22)23)33(28)24-14-20(36-2)12-13-25(24)37-3/h4-15,29H,16H2,1-3H3,(H,30,35). The number of aromatic amines is 1. The second-order valence-electron chi connectivity index (χ2n) is 8.40. The molecule has 3 aromatic carbocycles. The molecule has 0 aliphatic rings. The average molecular weight is 528 g/mol. The Balaban J connectivity index is 1.49. The molecular weight excluding hydrogens is 502 g/mol. The average Bonchev–Trinajstić information content (AvgIpc) is 3.55. The van der Waals surface area contributed by atoms with Gasteiger partial charge >= 0.3 is 0 Å². The molecule has 0 saturated carbocycles. The van der Waals surface area contributed by atoms with Crippen LogP contribution in [0.15, 0.2) is 78.1 Å². The summed E-state index contributed by atoms with van der Waals surface area (Å²) < 4.78 is 13.0. The number of Topliss-reactive ketones (excluding diaryl/α,β-unsaturated/α-hetero) is 1. The van der Waals surface area contributed by atoms with Crippen LogP contribution in [-0.4, -0.2) is 51.4 Å². The number of thioether (sulfide) groups is 1. The number of amides is 1. The summed E-state index contributed by atoms with van der Waals surface area (Å²) in [7, 11) is 3.19. The summed E-state index contributed by atoms with van der Waals surface area (Å²) in [4.78, 5) is 27.6. The number of H-pyrrole nitrogens is 1. The normalized spacial score (nSPS) is 10.9. The summed E-state index contributed by atoms with van der Waals surface area (Å²) in [6, 6.07) is 20.2. The maximum Gasteiger partial charge on any atom is 0.234 e. The Morgan fingerprint density at radius 3 is 2.53 bits per heavy atom. The summed E-state index contributed by atoms with van der Waals surface area (Å²) >= 11 is 1.25. The lowest BCUT2D eigenvalue weighted by Gasteiger charge is -2.15. The molecule has 1 amide bonds. The van der Waals surface area contributed by atoms with Crippen molar-refractivity contribution in [1.82, 2.24) is 19.7 Å². The van der Waals surface area contributed by atoms with Gasteiger partial charge in [0.2, 0.25) is 5.91 Å². The molecule has 0 atom stereocenters. The van der Waals surface area contributed by atoms with Crippen molar-refractivity contribution < 1.29 is 19.1 Å². The summed E-state index contributed by atoms with van der Waals surface area (Å²) in [5.41, 5.74) is 3.71. The van der Waals surface area contributed by atoms with Gasteiger partial charge in [-0.25, -0.2) is 0 Å². The third kappa shape index (κ3) is 4.98. The number of rotatable bonds is 9. The molecule has 5 aromatic rings. The van der Waals surface area contributed by atoms with E-state index in [1.54, 1.807) is 38.5 Å². The van der Waals surface area contributed by atoms with Crippen LogP contribution in [0, 0.1) is 0 Å². The van der Waals surface area contributed by atoms with E-state index in [1.165, 1.54) is 18.7 Å². The van der Waals surface area contributed by atoms with E-state index in [-0.39, 0.29) is 17.4 Å². The summed E-state index contributed by atoms with van der Waals surface area (Å²) in [6.07, 6.45) is 1.89. The number of nitrogens with one attached hydrogen (secondary N) is 2. The molecule has 0 bridgehead atoms. The zero-order chi connectivity index (χ0) is 26.6. The van der Waals surface area contributed by atoms with Gasteiger partial charge in [0.25, 0.3) is 0 Å². The van der Waals surface area contributed by atoms with Gasteiger partial charge < -0.3 is 19.8 Å². The number of hydrogen-bond acceptors (Lipinski definition) is 7. The maximum absolute atomic E-state index is 12.8. The third-order valence-corrected chi connectivity index (χ3v) is 6.93. The Kier molecular flexibility index (Phi) is 7.14. The number of nitrogens with zero attached hydrogens (tertiary/aromatic N) is 3. The van der Waals surface area contributed by atoms with Crippen molar-refractivity contribution in [2.75, 3.05) is 25.3 Å². The number of fused-ring (bicyclic) bond motifs is 1. The summed E-state index contributed by atoms with van der Waals surface area (Å²) in [5, 5.41) is 13.3. The molecule has 0 unspecified atom stereocenters. The van der Waals surface area contributed by atoms with Gasteiger partial charge in [0.05, 0.1) is 25.7 Å². The first kappa shape index (κ1) is 25.1. The molecule has 192 valence electrons. The monoisotopic (exact) mass is 527 g/mol. The first-order valence-electron chi connectivity index (χ1n) is 11.8. The minimum atomic E-state index is -0.216. The number of anilines is 1. The third-order valence-electron chi connectivity index (χ3n) is 6.00. The largest absolute Gasteiger partial charge is 0.497 e. The smallest absolute Gasteiger partial charge is 0.234 e. The fraction of sp³-hybridized carbons (Fsp3) is 0.143. The number of benzene rings is 3. The van der Waals surface area contributed by atoms with Gasteiger partial charge in [0.1, 0.15) is 11.5 Å². The van der Waals surface area contributed by atoms with Crippen molar-refractivity contribution >= 4 is 40.0 Å². The zero-order valence-electron chi connectivity index (χ0n) is 21.0. The number of aromatic nitrogens is 4. The summed E-state index contributed by atoms with van der Waals surface area (Å²) in [6.45, 7) is 1.50. The van der Waals surface area contributed by atoms with E-state index in [9.17, 15) is 9.59 Å². The lowest BCUT2D eigenvalue weighted by molar-refractivity contribution is -0.113. The van der Waals surface area contributed by atoms with E-state index in [4.69, 9.17) is 9.47 Å². The van der Waals surface area contributed by atoms with Crippen molar-refractivity contribution in [3.05, 3.63) is 78.5 Å². The minimum Gasteiger partial charge on any atom is -0.497 e. The Morgan fingerprint density at radius 2 is 1.79 bits per heavy atom. The molecule has 2 N–H and O–H groups in total. The number of hydrogen-bond donors (Lipinski definition) is 2. The van der Waals surface area contributed by atoms with Crippen molar-refractivity contribution in [2.45, 2.75) is 12.1 Å². The highest BCUT2D eigenvalue weighted by Crippen LogP contribution is 2.37. The number of methoxy groups -OCH3 is 2. The molecule has 0 spiro atoms. The number of carbonyl (C=O) groups excluding carboxylic acids is 2. The highest BCUT2D eigenvalue weighted by molar-refractivity contribution is 7.99. The van der Waals surface area contributed by atoms with E-state index < -0.39 is 0 Å². The number of para-hydroxylation sites is 1. The fourth-order valence-electron chi connectivity index (χ4n) is 4.10. The molecule has 0 radical (unpaired) electrons. The van der Waals surface area contributed by atoms with E-state index in [0.717, 1.165) is 16.5 Å². The molecule has 5 rings (SSSR count). The molecule has 2 heterocycles. The van der Waals surface area contributed by atoms with Crippen LogP contribution in [-0.2, 0) is 4.79 Å². The van der Waals surface area contributed by atoms with Gasteiger partial charge in [-0.05, 0) is 49.4 Å². The number of ether oxygens (including phenoxy) is 2. The highest BCUT2D eigenvalue weighted by atomic mass is 32.2. The first-order valence-corrected chi connectivity index (χ1v) is 12.7. The first-order chi connectivity index (χ1) is 18.5. The lowest BCUT2D eigenvalue weighted by Crippen LogP contribution is -2.14. The Labute approximate surface area is 223 Å². The van der Waals surface area contributed by atoms with Crippen LogP contribution in [0.2, 0.25) is 0 Å². The number of ketones is 1. The molecule has 9 nitrogen and oxygen atoms in total. The SMILES string of the molecule is COc1ccc(OC)c(-n2c(SCC(=O)Nc3ccc(C(C)=O)cc3)nnc2-c2c[nH]c3ccccc23)c1. The summed E-state index contributed by atoms with van der Waals surface area (Å²) in [5.74, 6) is 1.68. The van der Waals surface area contributed by atoms with Crippen LogP contribution in [0.25, 0.3) is 28.0 Å². The van der Waals surface area contributed by atoms with Gasteiger partial charge in [0.15, 0.2) is 16.8 Å². The molecule has 10 heteroatoms. The molecule has 2 aromatic heterocycles. The van der Waals surface area contributed by atoms with Crippen molar-refractivity contribution in [3.8, 4) is 28.6 Å². The molecule has 0 aliphatic carbocycles. The maximum atomic E-state index is 12.8. The van der Waals surface area contributed by atoms with Crippen LogP contribution in [0.3, 0.4) is 0 Å². The quantitative estimate of drug-likeness (QED) is 0.196. The Bertz CT molecular complexity index is 1620. The minimum absolute atomic E-state index is 0.0308.